The number of benzene rings is 1. The van der Waals surface area contributed by atoms with Crippen LogP contribution in [0, 0.1) is 0 Å². The van der Waals surface area contributed by atoms with Gasteiger partial charge in [0.05, 0.1) is 19.3 Å². The standard InChI is InChI=1S/C12H17NO2/c1-14-6-7-15-11-8-10-4-2-3-5-12(10)13-9-11/h2-5,11,13H,6-9H2,1H3/t11-/m0/s1. The van der Waals surface area contributed by atoms with Gasteiger partial charge >= 0.3 is 0 Å². The highest BCUT2D eigenvalue weighted by Gasteiger charge is 2.17. The smallest absolute Gasteiger partial charge is 0.0789 e. The number of fused-ring (bicyclic) bond motifs is 1. The van der Waals surface area contributed by atoms with E-state index in [-0.39, 0.29) is 6.10 Å². The van der Waals surface area contributed by atoms with Crippen LogP contribution in [-0.4, -0.2) is 33.0 Å². The SMILES string of the molecule is COCCO[C@@H]1CNc2ccccc2C1. The molecule has 1 N–H and O–H groups in total. The molecule has 0 radical (unpaired) electrons. The molecular weight excluding hydrogens is 190 g/mol. The van der Waals surface area contributed by atoms with E-state index in [2.05, 4.69) is 29.6 Å². The van der Waals surface area contributed by atoms with E-state index in [4.69, 9.17) is 9.47 Å². The Morgan fingerprint density at radius 2 is 2.20 bits per heavy atom. The lowest BCUT2D eigenvalue weighted by Crippen LogP contribution is -2.31. The Morgan fingerprint density at radius 3 is 3.07 bits per heavy atom. The minimum absolute atomic E-state index is 0.273. The number of hydrogen-bond acceptors (Lipinski definition) is 3. The molecule has 0 bridgehead atoms. The maximum atomic E-state index is 5.69. The van der Waals surface area contributed by atoms with E-state index in [1.54, 1.807) is 7.11 Å². The molecule has 0 unspecified atom stereocenters. The molecule has 3 nitrogen and oxygen atoms in total. The van der Waals surface area contributed by atoms with Crippen LogP contribution >= 0.6 is 0 Å². The molecule has 1 atom stereocenters. The zero-order chi connectivity index (χ0) is 10.5. The van der Waals surface area contributed by atoms with Crippen molar-refractivity contribution in [3.63, 3.8) is 0 Å². The fraction of sp³-hybridized carbons (Fsp3) is 0.500. The summed E-state index contributed by atoms with van der Waals surface area (Å²) in [6.45, 7) is 2.23. The van der Waals surface area contributed by atoms with Crippen molar-refractivity contribution >= 4 is 5.69 Å². The molecule has 1 aromatic carbocycles. The minimum Gasteiger partial charge on any atom is -0.382 e. The first kappa shape index (κ1) is 10.5. The fourth-order valence-corrected chi connectivity index (χ4v) is 1.83. The van der Waals surface area contributed by atoms with Crippen molar-refractivity contribution in [2.45, 2.75) is 12.5 Å². The third-order valence-corrected chi connectivity index (χ3v) is 2.63. The first-order chi connectivity index (χ1) is 7.40. The summed E-state index contributed by atoms with van der Waals surface area (Å²) in [6.07, 6.45) is 1.27. The summed E-state index contributed by atoms with van der Waals surface area (Å²) in [6, 6.07) is 8.38. The number of rotatable bonds is 4. The monoisotopic (exact) mass is 207 g/mol. The minimum atomic E-state index is 0.273. The Kier molecular flexibility index (Phi) is 3.59. The summed E-state index contributed by atoms with van der Waals surface area (Å²) < 4.78 is 10.6. The predicted octanol–water partition coefficient (Wildman–Crippen LogP) is 1.69. The summed E-state index contributed by atoms with van der Waals surface area (Å²) in [5.41, 5.74) is 2.58. The molecule has 3 heteroatoms. The number of hydrogen-bond donors (Lipinski definition) is 1. The summed E-state index contributed by atoms with van der Waals surface area (Å²) in [4.78, 5) is 0. The Labute approximate surface area is 90.4 Å². The molecular formula is C12H17NO2. The van der Waals surface area contributed by atoms with Gasteiger partial charge in [0.2, 0.25) is 0 Å². The second-order valence-corrected chi connectivity index (χ2v) is 3.73. The van der Waals surface area contributed by atoms with Crippen LogP contribution in [0.15, 0.2) is 24.3 Å². The van der Waals surface area contributed by atoms with Gasteiger partial charge in [-0.1, -0.05) is 18.2 Å². The molecule has 2 rings (SSSR count). The molecule has 0 saturated heterocycles. The number of anilines is 1. The molecule has 0 aliphatic carbocycles. The maximum absolute atomic E-state index is 5.69. The second-order valence-electron chi connectivity index (χ2n) is 3.73. The Bertz CT molecular complexity index is 314. The highest BCUT2D eigenvalue weighted by Crippen LogP contribution is 2.22. The summed E-state index contributed by atoms with van der Waals surface area (Å²) in [5.74, 6) is 0. The predicted molar refractivity (Wildman–Crippen MR) is 60.3 cm³/mol. The van der Waals surface area contributed by atoms with Gasteiger partial charge in [-0.05, 0) is 11.6 Å². The number of methoxy groups -OCH3 is 1. The Balaban J connectivity index is 1.88. The van der Waals surface area contributed by atoms with Crippen molar-refractivity contribution in [3.8, 4) is 0 Å². The van der Waals surface area contributed by atoms with E-state index < -0.39 is 0 Å². The van der Waals surface area contributed by atoms with Crippen molar-refractivity contribution in [3.05, 3.63) is 29.8 Å². The molecule has 1 aromatic rings. The van der Waals surface area contributed by atoms with Crippen LogP contribution in [0.2, 0.25) is 0 Å². The lowest BCUT2D eigenvalue weighted by Gasteiger charge is -2.26. The van der Waals surface area contributed by atoms with Gasteiger partial charge in [-0.2, -0.15) is 0 Å². The topological polar surface area (TPSA) is 30.5 Å². The quantitative estimate of drug-likeness (QED) is 0.762. The van der Waals surface area contributed by atoms with E-state index in [0.717, 1.165) is 13.0 Å². The number of nitrogens with one attached hydrogen (secondary N) is 1. The largest absolute Gasteiger partial charge is 0.382 e. The van der Waals surface area contributed by atoms with Crippen molar-refractivity contribution < 1.29 is 9.47 Å². The van der Waals surface area contributed by atoms with Gasteiger partial charge in [-0.3, -0.25) is 0 Å². The van der Waals surface area contributed by atoms with Crippen molar-refractivity contribution in [2.75, 3.05) is 32.2 Å². The molecule has 15 heavy (non-hydrogen) atoms. The van der Waals surface area contributed by atoms with Crippen molar-refractivity contribution in [2.24, 2.45) is 0 Å². The lowest BCUT2D eigenvalue weighted by atomic mass is 10.0. The fourth-order valence-electron chi connectivity index (χ4n) is 1.83. The molecule has 1 aliphatic heterocycles. The van der Waals surface area contributed by atoms with Crippen LogP contribution < -0.4 is 5.32 Å². The van der Waals surface area contributed by atoms with Gasteiger partial charge in [0.1, 0.15) is 0 Å². The number of ether oxygens (including phenoxy) is 2. The summed E-state index contributed by atoms with van der Waals surface area (Å²) in [7, 11) is 1.69. The second kappa shape index (κ2) is 5.14. The van der Waals surface area contributed by atoms with Gasteiger partial charge in [0.15, 0.2) is 0 Å². The van der Waals surface area contributed by atoms with Crippen LogP contribution in [0.25, 0.3) is 0 Å². The Morgan fingerprint density at radius 1 is 1.33 bits per heavy atom. The Hall–Kier alpha value is -1.06. The maximum Gasteiger partial charge on any atom is 0.0789 e. The average molecular weight is 207 g/mol. The molecule has 82 valence electrons. The van der Waals surface area contributed by atoms with Gasteiger partial charge in [0, 0.05) is 25.8 Å². The van der Waals surface area contributed by atoms with Crippen LogP contribution in [-0.2, 0) is 15.9 Å². The van der Waals surface area contributed by atoms with E-state index in [1.165, 1.54) is 11.3 Å². The van der Waals surface area contributed by atoms with Gasteiger partial charge < -0.3 is 14.8 Å². The lowest BCUT2D eigenvalue weighted by molar-refractivity contribution is 0.0226. The molecule has 0 saturated carbocycles. The van der Waals surface area contributed by atoms with Crippen molar-refractivity contribution in [1.82, 2.24) is 0 Å². The first-order valence-corrected chi connectivity index (χ1v) is 5.32. The third kappa shape index (κ3) is 2.70. The zero-order valence-corrected chi connectivity index (χ0v) is 9.03. The highest BCUT2D eigenvalue weighted by molar-refractivity contribution is 5.53. The third-order valence-electron chi connectivity index (χ3n) is 2.63. The average Bonchev–Trinajstić information content (AvgIpc) is 2.29. The molecule has 1 heterocycles. The molecule has 0 fully saturated rings. The van der Waals surface area contributed by atoms with Crippen LogP contribution in [0.1, 0.15) is 5.56 Å². The number of para-hydroxylation sites is 1. The van der Waals surface area contributed by atoms with Crippen LogP contribution in [0.5, 0.6) is 0 Å². The van der Waals surface area contributed by atoms with E-state index >= 15 is 0 Å². The molecule has 1 aliphatic rings. The highest BCUT2D eigenvalue weighted by atomic mass is 16.5. The molecule has 0 aromatic heterocycles. The van der Waals surface area contributed by atoms with Crippen molar-refractivity contribution in [1.29, 1.82) is 0 Å². The summed E-state index contributed by atoms with van der Waals surface area (Å²) in [5, 5.41) is 3.37. The normalized spacial score (nSPS) is 19.4. The van der Waals surface area contributed by atoms with E-state index in [9.17, 15) is 0 Å². The molecule has 0 amide bonds. The van der Waals surface area contributed by atoms with Crippen LogP contribution in [0.4, 0.5) is 5.69 Å². The van der Waals surface area contributed by atoms with Crippen LogP contribution in [0.3, 0.4) is 0 Å². The van der Waals surface area contributed by atoms with Gasteiger partial charge in [-0.25, -0.2) is 0 Å². The van der Waals surface area contributed by atoms with Gasteiger partial charge in [0.25, 0.3) is 0 Å². The zero-order valence-electron chi connectivity index (χ0n) is 9.03. The van der Waals surface area contributed by atoms with Gasteiger partial charge in [-0.15, -0.1) is 0 Å². The van der Waals surface area contributed by atoms with E-state index in [0.29, 0.717) is 13.2 Å². The first-order valence-electron chi connectivity index (χ1n) is 5.32. The van der Waals surface area contributed by atoms with E-state index in [1.807, 2.05) is 0 Å². The summed E-state index contributed by atoms with van der Waals surface area (Å²) >= 11 is 0. The molecule has 0 spiro atoms.